The van der Waals surface area contributed by atoms with Gasteiger partial charge in [-0.3, -0.25) is 8.80 Å². The van der Waals surface area contributed by atoms with E-state index in [1.807, 2.05) is 93.4 Å². The Kier molecular flexibility index (Phi) is 10.5. The number of ether oxygens (including phenoxy) is 2. The van der Waals surface area contributed by atoms with Gasteiger partial charge in [0.1, 0.15) is 57.0 Å². The summed E-state index contributed by atoms with van der Waals surface area (Å²) in [6.07, 6.45) is 3.96. The van der Waals surface area contributed by atoms with E-state index in [1.165, 1.54) is 0 Å². The first-order valence-corrected chi connectivity index (χ1v) is 18.5. The summed E-state index contributed by atoms with van der Waals surface area (Å²) >= 11 is 0. The van der Waals surface area contributed by atoms with E-state index < -0.39 is 5.60 Å². The number of amides is 1. The Balaban J connectivity index is 0.000000174. The molecule has 6 aromatic heterocycles. The fourth-order valence-electron chi connectivity index (χ4n) is 6.58. The van der Waals surface area contributed by atoms with E-state index in [1.54, 1.807) is 36.3 Å². The fraction of sp³-hybridized carbons (Fsp3) is 0.310. The van der Waals surface area contributed by atoms with Gasteiger partial charge in [-0.1, -0.05) is 0 Å². The molecule has 0 radical (unpaired) electrons. The summed E-state index contributed by atoms with van der Waals surface area (Å²) in [5.41, 5.74) is 5.04. The normalized spacial score (nSPS) is 12.6. The monoisotopic (exact) mass is 768 g/mol. The van der Waals surface area contributed by atoms with E-state index >= 15 is 0 Å². The van der Waals surface area contributed by atoms with Crippen LogP contribution >= 0.6 is 0 Å². The first-order chi connectivity index (χ1) is 27.4. The Morgan fingerprint density at radius 2 is 1.56 bits per heavy atom. The first-order valence-electron chi connectivity index (χ1n) is 18.5. The molecule has 57 heavy (non-hydrogen) atoms. The van der Waals surface area contributed by atoms with E-state index in [9.17, 15) is 10.1 Å². The topological polar surface area (TPSA) is 175 Å². The van der Waals surface area contributed by atoms with E-state index in [0.717, 1.165) is 52.8 Å². The van der Waals surface area contributed by atoms with Crippen LogP contribution in [0.1, 0.15) is 43.2 Å². The second-order valence-corrected chi connectivity index (χ2v) is 14.8. The number of carbonyl (C=O) groups excluding carboxylic acids is 1. The van der Waals surface area contributed by atoms with Gasteiger partial charge >= 0.3 is 6.09 Å². The van der Waals surface area contributed by atoms with Crippen molar-refractivity contribution in [3.8, 4) is 40.8 Å². The lowest BCUT2D eigenvalue weighted by Gasteiger charge is -2.29. The second-order valence-electron chi connectivity index (χ2n) is 14.8. The molecule has 7 heterocycles. The molecular weight excluding hydrogens is 725 g/mol. The van der Waals surface area contributed by atoms with Crippen LogP contribution in [0.4, 0.5) is 16.4 Å². The van der Waals surface area contributed by atoms with Crippen molar-refractivity contribution in [2.45, 2.75) is 39.3 Å². The minimum Gasteiger partial charge on any atom is -0.497 e. The van der Waals surface area contributed by atoms with E-state index in [2.05, 4.69) is 32.7 Å². The van der Waals surface area contributed by atoms with Crippen molar-refractivity contribution in [1.29, 1.82) is 10.5 Å². The van der Waals surface area contributed by atoms with Crippen molar-refractivity contribution in [1.82, 2.24) is 28.6 Å². The Bertz CT molecular complexity index is 2680. The zero-order valence-electron chi connectivity index (χ0n) is 33.0. The van der Waals surface area contributed by atoms with Crippen LogP contribution in [0.2, 0.25) is 0 Å². The molecule has 1 aliphatic heterocycles. The summed E-state index contributed by atoms with van der Waals surface area (Å²) in [5.74, 6) is 4.55. The van der Waals surface area contributed by atoms with Crippen molar-refractivity contribution in [2.24, 2.45) is 0 Å². The van der Waals surface area contributed by atoms with Gasteiger partial charge in [0.2, 0.25) is 0 Å². The molecule has 0 bridgehead atoms. The molecule has 0 saturated carbocycles. The molecule has 1 aliphatic rings. The third-order valence-corrected chi connectivity index (χ3v) is 9.31. The number of benzene rings is 1. The van der Waals surface area contributed by atoms with Crippen molar-refractivity contribution in [3.63, 3.8) is 0 Å². The molecule has 15 heteroatoms. The van der Waals surface area contributed by atoms with Gasteiger partial charge in [0.05, 0.1) is 36.9 Å². The number of rotatable bonds is 8. The van der Waals surface area contributed by atoms with E-state index in [4.69, 9.17) is 28.6 Å². The number of nitriles is 2. The Hall–Kier alpha value is -6.97. The summed E-state index contributed by atoms with van der Waals surface area (Å²) in [5, 5.41) is 25.9. The molecule has 7 aromatic rings. The van der Waals surface area contributed by atoms with Crippen molar-refractivity contribution in [2.75, 3.05) is 58.5 Å². The van der Waals surface area contributed by atoms with Gasteiger partial charge in [0.15, 0.2) is 11.5 Å². The maximum Gasteiger partial charge on any atom is 0.410 e. The quantitative estimate of drug-likeness (QED) is 0.157. The number of hydrogen-bond donors (Lipinski definition) is 2. The van der Waals surface area contributed by atoms with Crippen LogP contribution in [0.3, 0.4) is 0 Å². The lowest BCUT2D eigenvalue weighted by atomic mass is 10.1. The number of likely N-dealkylation sites (N-methyl/N-ethyl adjacent to an activating group) is 1. The van der Waals surface area contributed by atoms with Gasteiger partial charge in [-0.15, -0.1) is 0 Å². The molecule has 15 nitrogen and oxygen atoms in total. The van der Waals surface area contributed by atoms with Crippen LogP contribution < -0.4 is 15.4 Å². The number of hydrogen-bond acceptors (Lipinski definition) is 12. The minimum atomic E-state index is -0.528. The molecule has 292 valence electrons. The van der Waals surface area contributed by atoms with Crippen LogP contribution in [-0.4, -0.2) is 88.2 Å². The molecule has 0 atom stereocenters. The zero-order valence-corrected chi connectivity index (χ0v) is 33.0. The SMILES string of the molecule is CNc1c(-c2cc3c(o2)CCN(C(=O)OC(C)(C)C)C3)nc2cc(C#N)ccn12.COc1ccc2oc(-c3nc4cc(C#N)ccn4c3NCCN(C)C)cc2c1. The zero-order chi connectivity index (χ0) is 40.4. The number of fused-ring (bicyclic) bond motifs is 4. The molecular formula is C42H44N10O5. The van der Waals surface area contributed by atoms with Crippen LogP contribution in [0.25, 0.3) is 45.2 Å². The minimum absolute atomic E-state index is 0.321. The highest BCUT2D eigenvalue weighted by Crippen LogP contribution is 2.36. The number of nitrogens with one attached hydrogen (secondary N) is 2. The summed E-state index contributed by atoms with van der Waals surface area (Å²) in [6, 6.07) is 20.9. The Labute approximate surface area is 329 Å². The van der Waals surface area contributed by atoms with Crippen LogP contribution in [0, 0.1) is 22.7 Å². The Morgan fingerprint density at radius 3 is 2.18 bits per heavy atom. The molecule has 0 fully saturated rings. The molecule has 0 aliphatic carbocycles. The molecule has 0 spiro atoms. The molecule has 0 unspecified atom stereocenters. The summed E-state index contributed by atoms with van der Waals surface area (Å²) in [4.78, 5) is 25.6. The smallest absolute Gasteiger partial charge is 0.410 e. The lowest BCUT2D eigenvalue weighted by molar-refractivity contribution is 0.0219. The number of pyridine rings is 2. The average Bonchev–Trinajstić information content (AvgIpc) is 3.98. The lowest BCUT2D eigenvalue weighted by Crippen LogP contribution is -2.39. The third-order valence-electron chi connectivity index (χ3n) is 9.31. The number of anilines is 2. The van der Waals surface area contributed by atoms with Crippen molar-refractivity contribution in [3.05, 3.63) is 89.4 Å². The van der Waals surface area contributed by atoms with Gasteiger partial charge < -0.3 is 38.7 Å². The fourth-order valence-corrected chi connectivity index (χ4v) is 6.58. The second kappa shape index (κ2) is 15.6. The van der Waals surface area contributed by atoms with Gasteiger partial charge in [0, 0.05) is 56.4 Å². The highest BCUT2D eigenvalue weighted by atomic mass is 16.6. The highest BCUT2D eigenvalue weighted by molar-refractivity contribution is 5.86. The predicted octanol–water partition coefficient (Wildman–Crippen LogP) is 7.40. The van der Waals surface area contributed by atoms with Crippen LogP contribution in [-0.2, 0) is 17.7 Å². The predicted molar refractivity (Wildman–Crippen MR) is 216 cm³/mol. The maximum atomic E-state index is 12.4. The van der Waals surface area contributed by atoms with Crippen LogP contribution in [0.5, 0.6) is 5.75 Å². The van der Waals surface area contributed by atoms with Gasteiger partial charge in [-0.2, -0.15) is 10.5 Å². The molecule has 2 N–H and O–H groups in total. The maximum absolute atomic E-state index is 12.4. The summed E-state index contributed by atoms with van der Waals surface area (Å²) in [7, 11) is 7.52. The van der Waals surface area contributed by atoms with Gasteiger partial charge in [-0.25, -0.2) is 14.8 Å². The molecule has 8 rings (SSSR count). The summed E-state index contributed by atoms with van der Waals surface area (Å²) < 4.78 is 26.8. The van der Waals surface area contributed by atoms with Crippen molar-refractivity contribution < 1.29 is 23.1 Å². The molecule has 1 aromatic carbocycles. The van der Waals surface area contributed by atoms with E-state index in [0.29, 0.717) is 64.8 Å². The molecule has 0 saturated heterocycles. The molecule has 1 amide bonds. The number of methoxy groups -OCH3 is 1. The largest absolute Gasteiger partial charge is 0.497 e. The average molecular weight is 769 g/mol. The van der Waals surface area contributed by atoms with E-state index in [-0.39, 0.29) is 6.09 Å². The van der Waals surface area contributed by atoms with Gasteiger partial charge in [-0.05, 0) is 89.5 Å². The standard InChI is InChI=1S/C21H23N5O3.C21H21N5O2/c1-21(2,3)29-20(27)25-7-6-15-14(12-25)10-16(28-15)18-19(23-4)26-8-5-13(11-22)9-17(26)24-18;1-25(2)9-7-23-21-20(24-19-10-14(13-22)6-8-26(19)21)18-12-15-11-16(27-3)4-5-17(15)28-18/h5,8-10,23H,6-7,12H2,1-4H3;4-6,8,10-12,23H,7,9H2,1-3H3. The number of carbonyl (C=O) groups is 1. The number of furan rings is 2. The van der Waals surface area contributed by atoms with Crippen molar-refractivity contribution >= 4 is 40.0 Å². The Morgan fingerprint density at radius 1 is 0.912 bits per heavy atom. The highest BCUT2D eigenvalue weighted by Gasteiger charge is 2.29. The summed E-state index contributed by atoms with van der Waals surface area (Å²) in [6.45, 7) is 8.19. The number of aromatic nitrogens is 4. The number of nitrogens with zero attached hydrogens (tertiary/aromatic N) is 8. The third kappa shape index (κ3) is 8.06. The van der Waals surface area contributed by atoms with Crippen LogP contribution in [0.15, 0.2) is 75.8 Å². The van der Waals surface area contributed by atoms with Gasteiger partial charge in [0.25, 0.3) is 0 Å². The first kappa shape index (κ1) is 38.3. The number of imidazole rings is 2.